The van der Waals surface area contributed by atoms with E-state index in [-0.39, 0.29) is 5.91 Å². The van der Waals surface area contributed by atoms with Gasteiger partial charge in [0.25, 0.3) is 0 Å². The van der Waals surface area contributed by atoms with Gasteiger partial charge in [0.05, 0.1) is 0 Å². The predicted molar refractivity (Wildman–Crippen MR) is 49.7 cm³/mol. The van der Waals surface area contributed by atoms with E-state index < -0.39 is 11.4 Å². The number of carboxylic acid groups (broad SMARTS) is 1. The van der Waals surface area contributed by atoms with Crippen LogP contribution in [0.1, 0.15) is 32.6 Å². The van der Waals surface area contributed by atoms with E-state index in [0.29, 0.717) is 25.4 Å². The predicted octanol–water partition coefficient (Wildman–Crippen LogP) is 0.862. The molecule has 1 N–H and O–H groups in total. The molecule has 0 aliphatic heterocycles. The minimum Gasteiger partial charge on any atom is -0.480 e. The summed E-state index contributed by atoms with van der Waals surface area (Å²) in [7, 11) is 0. The molecule has 0 unspecified atom stereocenters. The van der Waals surface area contributed by atoms with Gasteiger partial charge in [-0.15, -0.1) is 0 Å². The molecule has 0 radical (unpaired) electrons. The van der Waals surface area contributed by atoms with Gasteiger partial charge in [0.15, 0.2) is 0 Å². The number of carbonyl (C=O) groups is 2. The zero-order chi connectivity index (χ0) is 10.3. The van der Waals surface area contributed by atoms with Crippen LogP contribution in [-0.4, -0.2) is 34.5 Å². The molecule has 0 spiro atoms. The standard InChI is InChI=1S/C10H15NO3/c1-2-11(7-3-4-7)8(12)10(5-6-10)9(13)14/h7H,2-6H2,1H3,(H,13,14). The molecule has 0 saturated heterocycles. The van der Waals surface area contributed by atoms with Gasteiger partial charge in [-0.2, -0.15) is 0 Å². The number of amides is 1. The zero-order valence-corrected chi connectivity index (χ0v) is 8.32. The van der Waals surface area contributed by atoms with Crippen LogP contribution in [0.3, 0.4) is 0 Å². The molecule has 14 heavy (non-hydrogen) atoms. The van der Waals surface area contributed by atoms with Crippen LogP contribution in [0.2, 0.25) is 0 Å². The Morgan fingerprint density at radius 2 is 2.00 bits per heavy atom. The molecule has 0 aromatic rings. The van der Waals surface area contributed by atoms with Crippen LogP contribution in [0.5, 0.6) is 0 Å². The Balaban J connectivity index is 2.09. The third kappa shape index (κ3) is 1.29. The first kappa shape index (κ1) is 9.49. The lowest BCUT2D eigenvalue weighted by Crippen LogP contribution is -2.42. The van der Waals surface area contributed by atoms with Crippen molar-refractivity contribution in [3.8, 4) is 0 Å². The van der Waals surface area contributed by atoms with E-state index in [0.717, 1.165) is 12.8 Å². The minimum absolute atomic E-state index is 0.157. The summed E-state index contributed by atoms with van der Waals surface area (Å²) < 4.78 is 0. The van der Waals surface area contributed by atoms with Crippen LogP contribution in [-0.2, 0) is 9.59 Å². The lowest BCUT2D eigenvalue weighted by Gasteiger charge is -2.23. The molecule has 0 aromatic carbocycles. The second-order valence-corrected chi connectivity index (χ2v) is 4.21. The van der Waals surface area contributed by atoms with Gasteiger partial charge >= 0.3 is 5.97 Å². The number of hydrogen-bond donors (Lipinski definition) is 1. The monoisotopic (exact) mass is 197 g/mol. The topological polar surface area (TPSA) is 57.6 Å². The molecular formula is C10H15NO3. The van der Waals surface area contributed by atoms with Crippen LogP contribution in [0.25, 0.3) is 0 Å². The second-order valence-electron chi connectivity index (χ2n) is 4.21. The number of carbonyl (C=O) groups excluding carboxylic acids is 1. The van der Waals surface area contributed by atoms with Crippen LogP contribution in [0, 0.1) is 5.41 Å². The molecular weight excluding hydrogens is 182 g/mol. The molecule has 1 amide bonds. The first-order chi connectivity index (χ1) is 6.62. The van der Waals surface area contributed by atoms with Gasteiger partial charge in [-0.1, -0.05) is 0 Å². The van der Waals surface area contributed by atoms with E-state index in [4.69, 9.17) is 5.11 Å². The Labute approximate surface area is 82.9 Å². The van der Waals surface area contributed by atoms with Crippen molar-refractivity contribution in [3.05, 3.63) is 0 Å². The quantitative estimate of drug-likeness (QED) is 0.680. The van der Waals surface area contributed by atoms with Crippen molar-refractivity contribution in [2.24, 2.45) is 5.41 Å². The average molecular weight is 197 g/mol. The highest BCUT2D eigenvalue weighted by atomic mass is 16.4. The summed E-state index contributed by atoms with van der Waals surface area (Å²) in [6.07, 6.45) is 3.11. The zero-order valence-electron chi connectivity index (χ0n) is 8.32. The molecule has 2 saturated carbocycles. The lowest BCUT2D eigenvalue weighted by molar-refractivity contribution is -0.153. The molecule has 78 valence electrons. The van der Waals surface area contributed by atoms with Gasteiger partial charge in [-0.05, 0) is 32.6 Å². The van der Waals surface area contributed by atoms with E-state index in [1.807, 2.05) is 6.92 Å². The lowest BCUT2D eigenvalue weighted by atomic mass is 10.1. The molecule has 2 rings (SSSR count). The first-order valence-corrected chi connectivity index (χ1v) is 5.16. The largest absolute Gasteiger partial charge is 0.480 e. The van der Waals surface area contributed by atoms with Crippen molar-refractivity contribution in [1.82, 2.24) is 4.90 Å². The van der Waals surface area contributed by atoms with Crippen molar-refractivity contribution >= 4 is 11.9 Å². The fraction of sp³-hybridized carbons (Fsp3) is 0.800. The van der Waals surface area contributed by atoms with E-state index in [9.17, 15) is 9.59 Å². The Kier molecular flexibility index (Phi) is 2.01. The van der Waals surface area contributed by atoms with Gasteiger partial charge in [0, 0.05) is 12.6 Å². The normalized spacial score (nSPS) is 22.9. The molecule has 4 nitrogen and oxygen atoms in total. The molecule has 0 aromatic heterocycles. The highest BCUT2D eigenvalue weighted by Gasteiger charge is 2.59. The van der Waals surface area contributed by atoms with E-state index in [1.165, 1.54) is 0 Å². The van der Waals surface area contributed by atoms with Crippen LogP contribution in [0.4, 0.5) is 0 Å². The summed E-state index contributed by atoms with van der Waals surface area (Å²) in [5, 5.41) is 8.97. The SMILES string of the molecule is CCN(C(=O)C1(C(=O)O)CC1)C1CC1. The highest BCUT2D eigenvalue weighted by molar-refractivity contribution is 6.05. The Morgan fingerprint density at radius 1 is 1.43 bits per heavy atom. The number of nitrogens with zero attached hydrogens (tertiary/aromatic N) is 1. The fourth-order valence-electron chi connectivity index (χ4n) is 1.87. The van der Waals surface area contributed by atoms with Gasteiger partial charge in [-0.25, -0.2) is 0 Å². The van der Waals surface area contributed by atoms with Gasteiger partial charge < -0.3 is 10.0 Å². The number of carboxylic acids is 1. The molecule has 0 heterocycles. The third-order valence-electron chi connectivity index (χ3n) is 3.16. The summed E-state index contributed by atoms with van der Waals surface area (Å²) in [5.74, 6) is -1.10. The Bertz CT molecular complexity index is 279. The molecule has 0 atom stereocenters. The van der Waals surface area contributed by atoms with Gasteiger partial charge in [-0.3, -0.25) is 9.59 Å². The summed E-state index contributed by atoms with van der Waals surface area (Å²) >= 11 is 0. The number of hydrogen-bond acceptors (Lipinski definition) is 2. The summed E-state index contributed by atoms with van der Waals surface area (Å²) in [4.78, 5) is 24.6. The van der Waals surface area contributed by atoms with E-state index in [2.05, 4.69) is 0 Å². The Morgan fingerprint density at radius 3 is 2.29 bits per heavy atom. The molecule has 4 heteroatoms. The van der Waals surface area contributed by atoms with Gasteiger partial charge in [0.2, 0.25) is 5.91 Å². The fourth-order valence-corrected chi connectivity index (χ4v) is 1.87. The molecule has 2 aliphatic carbocycles. The number of rotatable bonds is 4. The van der Waals surface area contributed by atoms with Crippen molar-refractivity contribution in [3.63, 3.8) is 0 Å². The van der Waals surface area contributed by atoms with Crippen molar-refractivity contribution in [2.45, 2.75) is 38.6 Å². The summed E-state index contributed by atoms with van der Waals surface area (Å²) in [6, 6.07) is 0.323. The van der Waals surface area contributed by atoms with Crippen LogP contribution >= 0.6 is 0 Å². The smallest absolute Gasteiger partial charge is 0.319 e. The Hall–Kier alpha value is -1.06. The highest BCUT2D eigenvalue weighted by Crippen LogP contribution is 2.48. The van der Waals surface area contributed by atoms with E-state index >= 15 is 0 Å². The number of aliphatic carboxylic acids is 1. The average Bonchev–Trinajstić information content (AvgIpc) is 3.01. The third-order valence-corrected chi connectivity index (χ3v) is 3.16. The van der Waals surface area contributed by atoms with Crippen LogP contribution < -0.4 is 0 Å². The molecule has 2 fully saturated rings. The molecule has 0 bridgehead atoms. The molecule has 2 aliphatic rings. The maximum atomic E-state index is 11.9. The van der Waals surface area contributed by atoms with Crippen LogP contribution in [0.15, 0.2) is 0 Å². The second kappa shape index (κ2) is 2.97. The van der Waals surface area contributed by atoms with Crippen molar-refractivity contribution in [2.75, 3.05) is 6.54 Å². The maximum Gasteiger partial charge on any atom is 0.319 e. The maximum absolute atomic E-state index is 11.9. The minimum atomic E-state index is -1.04. The van der Waals surface area contributed by atoms with Crippen molar-refractivity contribution < 1.29 is 14.7 Å². The van der Waals surface area contributed by atoms with Gasteiger partial charge in [0.1, 0.15) is 5.41 Å². The summed E-state index contributed by atoms with van der Waals surface area (Å²) in [6.45, 7) is 2.55. The van der Waals surface area contributed by atoms with E-state index in [1.54, 1.807) is 4.90 Å². The first-order valence-electron chi connectivity index (χ1n) is 5.16. The summed E-state index contributed by atoms with van der Waals surface area (Å²) in [5.41, 5.74) is -1.04. The van der Waals surface area contributed by atoms with Crippen molar-refractivity contribution in [1.29, 1.82) is 0 Å².